The fourth-order valence-electron chi connectivity index (χ4n) is 2.95. The highest BCUT2D eigenvalue weighted by Gasteiger charge is 2.62. The average Bonchev–Trinajstić information content (AvgIpc) is 2.62. The van der Waals surface area contributed by atoms with Crippen molar-refractivity contribution < 1.29 is 13.2 Å². The Morgan fingerprint density at radius 3 is 1.86 bits per heavy atom. The minimum absolute atomic E-state index is 0.0895. The maximum atomic E-state index is 11.5. The summed E-state index contributed by atoms with van der Waals surface area (Å²) in [5.74, 6) is 1.09. The standard InChI is InChI=1S/C8H10Br2O3S/c9-5-6(10)8-4-2-14(11,12)1-3(4)7(5)13-8/h3-8H,1-2H2/t3-,4+,5-,6-,7-,8+/m1/s1. The van der Waals surface area contributed by atoms with Crippen LogP contribution in [-0.2, 0) is 14.6 Å². The Kier molecular flexibility index (Phi) is 2.12. The Morgan fingerprint density at radius 2 is 1.43 bits per heavy atom. The van der Waals surface area contributed by atoms with Gasteiger partial charge in [0.1, 0.15) is 0 Å². The van der Waals surface area contributed by atoms with E-state index in [-0.39, 0.29) is 33.7 Å². The zero-order chi connectivity index (χ0) is 10.1. The molecule has 6 heteroatoms. The second-order valence-electron chi connectivity index (χ2n) is 4.36. The molecule has 0 amide bonds. The first-order chi connectivity index (χ1) is 6.49. The summed E-state index contributed by atoms with van der Waals surface area (Å²) < 4.78 is 28.8. The smallest absolute Gasteiger partial charge is 0.151 e. The molecule has 3 nitrogen and oxygen atoms in total. The minimum Gasteiger partial charge on any atom is -0.372 e. The maximum Gasteiger partial charge on any atom is 0.151 e. The van der Waals surface area contributed by atoms with Crippen molar-refractivity contribution in [3.8, 4) is 0 Å². The van der Waals surface area contributed by atoms with Crippen molar-refractivity contribution in [1.29, 1.82) is 0 Å². The fourth-order valence-corrected chi connectivity index (χ4v) is 6.76. The number of hydrogen-bond donors (Lipinski definition) is 0. The Labute approximate surface area is 99.8 Å². The van der Waals surface area contributed by atoms with Gasteiger partial charge in [0.25, 0.3) is 0 Å². The van der Waals surface area contributed by atoms with Gasteiger partial charge in [-0.15, -0.1) is 0 Å². The van der Waals surface area contributed by atoms with Gasteiger partial charge in [-0.05, 0) is 0 Å². The first-order valence-corrected chi connectivity index (χ1v) is 8.29. The number of ether oxygens (including phenoxy) is 1. The van der Waals surface area contributed by atoms with Gasteiger partial charge in [-0.3, -0.25) is 0 Å². The summed E-state index contributed by atoms with van der Waals surface area (Å²) in [5.41, 5.74) is 0. The summed E-state index contributed by atoms with van der Waals surface area (Å²) in [4.78, 5) is 0.532. The zero-order valence-corrected chi connectivity index (χ0v) is 11.3. The van der Waals surface area contributed by atoms with Gasteiger partial charge < -0.3 is 4.74 Å². The molecule has 0 saturated carbocycles. The number of sulfone groups is 1. The highest BCUT2D eigenvalue weighted by atomic mass is 79.9. The monoisotopic (exact) mass is 344 g/mol. The third-order valence-electron chi connectivity index (χ3n) is 3.53. The van der Waals surface area contributed by atoms with E-state index in [0.29, 0.717) is 11.5 Å². The quantitative estimate of drug-likeness (QED) is 0.614. The third kappa shape index (κ3) is 1.20. The number of rotatable bonds is 0. The Bertz CT molecular complexity index is 341. The van der Waals surface area contributed by atoms with Crippen molar-refractivity contribution in [3.63, 3.8) is 0 Å². The first kappa shape index (κ1) is 10.1. The highest BCUT2D eigenvalue weighted by Crippen LogP contribution is 2.52. The van der Waals surface area contributed by atoms with Crippen LogP contribution in [0.4, 0.5) is 0 Å². The molecule has 2 bridgehead atoms. The van der Waals surface area contributed by atoms with Gasteiger partial charge in [0.15, 0.2) is 9.84 Å². The number of fused-ring (bicyclic) bond motifs is 5. The van der Waals surface area contributed by atoms with E-state index in [0.717, 1.165) is 0 Å². The highest BCUT2D eigenvalue weighted by molar-refractivity contribution is 9.12. The van der Waals surface area contributed by atoms with Crippen LogP contribution in [0.15, 0.2) is 0 Å². The van der Waals surface area contributed by atoms with Gasteiger partial charge in [0.05, 0.1) is 33.4 Å². The molecule has 6 atom stereocenters. The molecule has 0 aromatic heterocycles. The van der Waals surface area contributed by atoms with Gasteiger partial charge >= 0.3 is 0 Å². The van der Waals surface area contributed by atoms with Crippen molar-refractivity contribution >= 4 is 41.7 Å². The van der Waals surface area contributed by atoms with E-state index in [4.69, 9.17) is 4.74 Å². The van der Waals surface area contributed by atoms with E-state index in [1.54, 1.807) is 0 Å². The first-order valence-electron chi connectivity index (χ1n) is 4.64. The average molecular weight is 346 g/mol. The summed E-state index contributed by atoms with van der Waals surface area (Å²) >= 11 is 7.14. The van der Waals surface area contributed by atoms with E-state index in [1.165, 1.54) is 0 Å². The van der Waals surface area contributed by atoms with E-state index in [1.807, 2.05) is 0 Å². The molecule has 14 heavy (non-hydrogen) atoms. The second kappa shape index (κ2) is 2.96. The van der Waals surface area contributed by atoms with Gasteiger partial charge in [0, 0.05) is 11.8 Å². The number of halogens is 2. The fraction of sp³-hybridized carbons (Fsp3) is 1.00. The van der Waals surface area contributed by atoms with Crippen molar-refractivity contribution in [2.24, 2.45) is 11.8 Å². The lowest BCUT2D eigenvalue weighted by Crippen LogP contribution is -2.40. The van der Waals surface area contributed by atoms with Gasteiger partial charge in [-0.2, -0.15) is 0 Å². The van der Waals surface area contributed by atoms with Crippen molar-refractivity contribution in [2.75, 3.05) is 11.5 Å². The SMILES string of the molecule is O=S1(=O)C[C@@H]2[C@H](C1)[C@@H]1O[C@H]2[C@H](Br)[C@H]1Br. The zero-order valence-electron chi connectivity index (χ0n) is 7.27. The summed E-state index contributed by atoms with van der Waals surface area (Å²) in [6.07, 6.45) is 0.179. The summed E-state index contributed by atoms with van der Waals surface area (Å²) in [5, 5.41) is 0. The maximum absolute atomic E-state index is 11.5. The van der Waals surface area contributed by atoms with Crippen LogP contribution in [-0.4, -0.2) is 41.8 Å². The van der Waals surface area contributed by atoms with Gasteiger partial charge in [-0.25, -0.2) is 8.42 Å². The molecule has 0 radical (unpaired) electrons. The van der Waals surface area contributed by atoms with Crippen LogP contribution in [0, 0.1) is 11.8 Å². The molecule has 0 N–H and O–H groups in total. The molecule has 3 saturated heterocycles. The van der Waals surface area contributed by atoms with Crippen LogP contribution >= 0.6 is 31.9 Å². The van der Waals surface area contributed by atoms with Crippen LogP contribution in [0.3, 0.4) is 0 Å². The molecule has 3 fully saturated rings. The van der Waals surface area contributed by atoms with E-state index in [9.17, 15) is 8.42 Å². The summed E-state index contributed by atoms with van der Waals surface area (Å²) in [7, 11) is -2.80. The van der Waals surface area contributed by atoms with Crippen LogP contribution < -0.4 is 0 Å². The van der Waals surface area contributed by atoms with E-state index < -0.39 is 9.84 Å². The Morgan fingerprint density at radius 1 is 1.00 bits per heavy atom. The molecule has 3 aliphatic rings. The van der Waals surface area contributed by atoms with E-state index in [2.05, 4.69) is 31.9 Å². The van der Waals surface area contributed by atoms with Crippen molar-refractivity contribution in [1.82, 2.24) is 0 Å². The molecule has 0 spiro atoms. The second-order valence-corrected chi connectivity index (χ2v) is 8.63. The minimum atomic E-state index is -2.80. The van der Waals surface area contributed by atoms with Crippen LogP contribution in [0.5, 0.6) is 0 Å². The van der Waals surface area contributed by atoms with Crippen molar-refractivity contribution in [2.45, 2.75) is 21.9 Å². The molecule has 0 aromatic rings. The normalized spacial score (nSPS) is 59.0. The molecular weight excluding hydrogens is 336 g/mol. The topological polar surface area (TPSA) is 43.4 Å². The lowest BCUT2D eigenvalue weighted by atomic mass is 9.82. The number of hydrogen-bond acceptors (Lipinski definition) is 3. The molecule has 3 aliphatic heterocycles. The lowest BCUT2D eigenvalue weighted by Gasteiger charge is -2.27. The van der Waals surface area contributed by atoms with Crippen LogP contribution in [0.1, 0.15) is 0 Å². The van der Waals surface area contributed by atoms with Crippen molar-refractivity contribution in [3.05, 3.63) is 0 Å². The predicted octanol–water partition coefficient (Wildman–Crippen LogP) is 0.955. The third-order valence-corrected chi connectivity index (χ3v) is 8.21. The summed E-state index contributed by atoms with van der Waals surface area (Å²) in [6, 6.07) is 0. The number of alkyl halides is 2. The predicted molar refractivity (Wildman–Crippen MR) is 59.7 cm³/mol. The van der Waals surface area contributed by atoms with Crippen LogP contribution in [0.2, 0.25) is 0 Å². The van der Waals surface area contributed by atoms with Crippen LogP contribution in [0.25, 0.3) is 0 Å². The summed E-state index contributed by atoms with van der Waals surface area (Å²) in [6.45, 7) is 0. The molecular formula is C8H10Br2O3S. The molecule has 0 aliphatic carbocycles. The molecule has 0 unspecified atom stereocenters. The van der Waals surface area contributed by atoms with Gasteiger partial charge in [0.2, 0.25) is 0 Å². The largest absolute Gasteiger partial charge is 0.372 e. The lowest BCUT2D eigenvalue weighted by molar-refractivity contribution is 0.0920. The Balaban J connectivity index is 1.96. The van der Waals surface area contributed by atoms with E-state index >= 15 is 0 Å². The molecule has 3 rings (SSSR count). The Hall–Kier alpha value is 0.870. The molecule has 80 valence electrons. The molecule has 0 aromatic carbocycles. The molecule has 3 heterocycles. The van der Waals surface area contributed by atoms with Gasteiger partial charge in [-0.1, -0.05) is 31.9 Å².